The van der Waals surface area contributed by atoms with E-state index < -0.39 is 0 Å². The van der Waals surface area contributed by atoms with Gasteiger partial charge in [-0.2, -0.15) is 0 Å². The molecule has 2 fully saturated rings. The number of quaternary nitrogens is 2. The second kappa shape index (κ2) is 8.84. The highest BCUT2D eigenvalue weighted by molar-refractivity contribution is 6.30. The third-order valence-electron chi connectivity index (χ3n) is 6.79. The number of hydrogen-bond donors (Lipinski definition) is 2. The predicted molar refractivity (Wildman–Crippen MR) is 116 cm³/mol. The molecule has 0 saturated carbocycles. The molecule has 0 amide bonds. The van der Waals surface area contributed by atoms with E-state index in [4.69, 9.17) is 11.6 Å². The molecule has 30 heavy (non-hydrogen) atoms. The summed E-state index contributed by atoms with van der Waals surface area (Å²) < 4.78 is 2.01. The van der Waals surface area contributed by atoms with Crippen molar-refractivity contribution in [1.82, 2.24) is 20.2 Å². The van der Waals surface area contributed by atoms with Crippen molar-refractivity contribution in [3.63, 3.8) is 0 Å². The van der Waals surface area contributed by atoms with Crippen LogP contribution in [-0.2, 0) is 13.0 Å². The Kier molecular flexibility index (Phi) is 5.79. The molecule has 2 saturated heterocycles. The van der Waals surface area contributed by atoms with Gasteiger partial charge < -0.3 is 9.80 Å². The van der Waals surface area contributed by atoms with Crippen molar-refractivity contribution in [1.29, 1.82) is 0 Å². The number of halogens is 1. The monoisotopic (exact) mass is 424 g/mol. The average Bonchev–Trinajstić information content (AvgIpc) is 3.44. The van der Waals surface area contributed by atoms with Gasteiger partial charge in [0.15, 0.2) is 6.04 Å². The van der Waals surface area contributed by atoms with Crippen LogP contribution >= 0.6 is 11.6 Å². The maximum absolute atomic E-state index is 6.19. The Morgan fingerprint density at radius 1 is 1.03 bits per heavy atom. The van der Waals surface area contributed by atoms with E-state index in [1.807, 2.05) is 16.8 Å². The summed E-state index contributed by atoms with van der Waals surface area (Å²) in [4.78, 5) is 3.36. The lowest BCUT2D eigenvalue weighted by molar-refractivity contribution is -1.03. The molecule has 0 bridgehead atoms. The van der Waals surface area contributed by atoms with E-state index in [0.717, 1.165) is 36.4 Å². The number of aromatic nitrogens is 4. The van der Waals surface area contributed by atoms with E-state index in [2.05, 4.69) is 58.0 Å². The SMILES string of the molecule is Clc1ccc([C@H](c2nnnn2CCc2ccccc2)[NH+]2CC[NH+]3CCC[C@@H]3C2)cc1. The molecule has 3 heterocycles. The van der Waals surface area contributed by atoms with Crippen molar-refractivity contribution >= 4 is 11.6 Å². The van der Waals surface area contributed by atoms with Gasteiger partial charge in [-0.1, -0.05) is 54.1 Å². The fourth-order valence-electron chi connectivity index (χ4n) is 5.24. The van der Waals surface area contributed by atoms with Gasteiger partial charge in [-0.05, 0) is 34.5 Å². The van der Waals surface area contributed by atoms with Gasteiger partial charge in [-0.25, -0.2) is 4.68 Å². The van der Waals surface area contributed by atoms with Crippen molar-refractivity contribution in [2.75, 3.05) is 26.2 Å². The van der Waals surface area contributed by atoms with Crippen LogP contribution in [0.15, 0.2) is 54.6 Å². The van der Waals surface area contributed by atoms with Gasteiger partial charge in [0.2, 0.25) is 5.82 Å². The van der Waals surface area contributed by atoms with Crippen molar-refractivity contribution in [2.45, 2.75) is 37.9 Å². The van der Waals surface area contributed by atoms with Gasteiger partial charge in [0.25, 0.3) is 0 Å². The van der Waals surface area contributed by atoms with E-state index in [9.17, 15) is 0 Å². The first kappa shape index (κ1) is 19.7. The van der Waals surface area contributed by atoms with Crippen molar-refractivity contribution < 1.29 is 9.80 Å². The molecule has 0 spiro atoms. The van der Waals surface area contributed by atoms with Crippen LogP contribution in [0.3, 0.4) is 0 Å². The Hall–Kier alpha value is -2.28. The number of hydrogen-bond acceptors (Lipinski definition) is 3. The molecule has 7 heteroatoms. The molecule has 0 aliphatic carbocycles. The lowest BCUT2D eigenvalue weighted by atomic mass is 10.0. The van der Waals surface area contributed by atoms with Crippen molar-refractivity contribution in [3.8, 4) is 0 Å². The highest BCUT2D eigenvalue weighted by Crippen LogP contribution is 2.20. The van der Waals surface area contributed by atoms with Gasteiger partial charge in [0, 0.05) is 30.0 Å². The third-order valence-corrected chi connectivity index (χ3v) is 7.04. The summed E-state index contributed by atoms with van der Waals surface area (Å²) >= 11 is 6.19. The molecule has 3 aromatic rings. The summed E-state index contributed by atoms with van der Waals surface area (Å²) in [7, 11) is 0. The highest BCUT2D eigenvalue weighted by atomic mass is 35.5. The minimum absolute atomic E-state index is 0.134. The summed E-state index contributed by atoms with van der Waals surface area (Å²) in [6, 6.07) is 19.7. The van der Waals surface area contributed by atoms with Gasteiger partial charge in [-0.3, -0.25) is 0 Å². The maximum Gasteiger partial charge on any atom is 0.214 e. The van der Waals surface area contributed by atoms with Gasteiger partial charge in [-0.15, -0.1) is 5.10 Å². The molecule has 2 unspecified atom stereocenters. The number of aryl methyl sites for hydroxylation is 2. The molecule has 2 aromatic carbocycles. The second-order valence-corrected chi connectivity index (χ2v) is 9.03. The smallest absolute Gasteiger partial charge is 0.214 e. The highest BCUT2D eigenvalue weighted by Gasteiger charge is 2.42. The Balaban J connectivity index is 1.43. The minimum atomic E-state index is 0.134. The van der Waals surface area contributed by atoms with Crippen LogP contribution in [0.4, 0.5) is 0 Å². The van der Waals surface area contributed by atoms with E-state index in [1.54, 1.807) is 9.80 Å². The number of nitrogens with zero attached hydrogens (tertiary/aromatic N) is 4. The fraction of sp³-hybridized carbons (Fsp3) is 0.435. The third kappa shape index (κ3) is 4.13. The van der Waals surface area contributed by atoms with Crippen LogP contribution < -0.4 is 9.80 Å². The first-order valence-electron chi connectivity index (χ1n) is 11.0. The summed E-state index contributed by atoms with van der Waals surface area (Å²) in [5.41, 5.74) is 2.55. The standard InChI is InChI=1S/C23H27ClN6/c24-20-10-8-19(9-11-20)22(29-16-15-28-13-4-7-21(28)17-29)23-25-26-27-30(23)14-12-18-5-2-1-3-6-18/h1-3,5-6,8-11,21-22H,4,7,12-17H2/p+2/t21-,22-/m1/s1. The topological polar surface area (TPSA) is 52.5 Å². The van der Waals surface area contributed by atoms with Crippen LogP contribution in [-0.4, -0.2) is 52.4 Å². The predicted octanol–water partition coefficient (Wildman–Crippen LogP) is 0.604. The minimum Gasteiger partial charge on any atom is -0.323 e. The lowest BCUT2D eigenvalue weighted by Gasteiger charge is -2.36. The Morgan fingerprint density at radius 3 is 2.70 bits per heavy atom. The van der Waals surface area contributed by atoms with Gasteiger partial charge in [0.05, 0.1) is 6.54 Å². The van der Waals surface area contributed by atoms with Crippen LogP contribution in [0.1, 0.15) is 35.8 Å². The average molecular weight is 425 g/mol. The molecule has 6 nitrogen and oxygen atoms in total. The summed E-state index contributed by atoms with van der Waals surface area (Å²) in [6.07, 6.45) is 3.61. The van der Waals surface area contributed by atoms with E-state index in [-0.39, 0.29) is 6.04 Å². The molecule has 156 valence electrons. The van der Waals surface area contributed by atoms with E-state index >= 15 is 0 Å². The van der Waals surface area contributed by atoms with Gasteiger partial charge >= 0.3 is 0 Å². The van der Waals surface area contributed by atoms with Crippen LogP contribution in [0, 0.1) is 0 Å². The zero-order valence-corrected chi connectivity index (χ0v) is 17.9. The molecule has 2 N–H and O–H groups in total. The Bertz CT molecular complexity index is 957. The number of piperazine rings is 1. The molecule has 1 aromatic heterocycles. The zero-order chi connectivity index (χ0) is 20.3. The fourth-order valence-corrected chi connectivity index (χ4v) is 5.37. The van der Waals surface area contributed by atoms with Crippen LogP contribution in [0.2, 0.25) is 5.02 Å². The normalized spacial score (nSPS) is 24.5. The first-order valence-corrected chi connectivity index (χ1v) is 11.4. The van der Waals surface area contributed by atoms with Crippen molar-refractivity contribution in [3.05, 3.63) is 76.6 Å². The van der Waals surface area contributed by atoms with Crippen LogP contribution in [0.5, 0.6) is 0 Å². The summed E-state index contributed by atoms with van der Waals surface area (Å²) in [5, 5.41) is 13.7. The quantitative estimate of drug-likeness (QED) is 0.609. The molecule has 0 radical (unpaired) electrons. The number of fused-ring (bicyclic) bond motifs is 1. The molecular weight excluding hydrogens is 396 g/mol. The summed E-state index contributed by atoms with van der Waals surface area (Å²) in [6.45, 7) is 5.66. The Labute approximate surface area is 182 Å². The first-order chi connectivity index (χ1) is 14.8. The number of rotatable bonds is 6. The Morgan fingerprint density at radius 2 is 1.87 bits per heavy atom. The van der Waals surface area contributed by atoms with Crippen molar-refractivity contribution in [2.24, 2.45) is 0 Å². The molecule has 4 atom stereocenters. The van der Waals surface area contributed by atoms with E-state index in [1.165, 1.54) is 43.6 Å². The number of benzene rings is 2. The summed E-state index contributed by atoms with van der Waals surface area (Å²) in [5.74, 6) is 0.963. The number of nitrogens with one attached hydrogen (secondary N) is 2. The zero-order valence-electron chi connectivity index (χ0n) is 17.2. The molecule has 2 aliphatic rings. The molecule has 5 rings (SSSR count). The number of tetrazole rings is 1. The second-order valence-electron chi connectivity index (χ2n) is 8.59. The molecule has 2 aliphatic heterocycles. The lowest BCUT2D eigenvalue weighted by Crippen LogP contribution is -3.29. The van der Waals surface area contributed by atoms with Crippen LogP contribution in [0.25, 0.3) is 0 Å². The largest absolute Gasteiger partial charge is 0.323 e. The van der Waals surface area contributed by atoms with E-state index in [0.29, 0.717) is 0 Å². The molecular formula is C23H29ClN6+2. The van der Waals surface area contributed by atoms with Gasteiger partial charge in [0.1, 0.15) is 25.7 Å². The maximum atomic E-state index is 6.19.